The molecule has 1 atom stereocenters. The molecular formula is C17H27NO6. The lowest BCUT2D eigenvalue weighted by Crippen LogP contribution is -2.42. The fourth-order valence-corrected chi connectivity index (χ4v) is 2.17. The minimum atomic E-state index is -0.601. The third kappa shape index (κ3) is 5.81. The molecule has 0 fully saturated rings. The van der Waals surface area contributed by atoms with Crippen molar-refractivity contribution >= 4 is 6.09 Å². The van der Waals surface area contributed by atoms with Crippen molar-refractivity contribution in [3.63, 3.8) is 0 Å². The Hall–Kier alpha value is -2.15. The Labute approximate surface area is 142 Å². The summed E-state index contributed by atoms with van der Waals surface area (Å²) in [5.41, 5.74) is 0.219. The van der Waals surface area contributed by atoms with Gasteiger partial charge in [-0.25, -0.2) is 4.79 Å². The number of amides is 1. The average molecular weight is 341 g/mol. The first-order valence-electron chi connectivity index (χ1n) is 7.63. The molecule has 1 amide bonds. The minimum absolute atomic E-state index is 0.226. The van der Waals surface area contributed by atoms with Crippen LogP contribution in [0, 0.1) is 0 Å². The number of hydrogen-bond acceptors (Lipinski definition) is 6. The molecule has 7 nitrogen and oxygen atoms in total. The van der Waals surface area contributed by atoms with E-state index in [9.17, 15) is 9.90 Å². The summed E-state index contributed by atoms with van der Waals surface area (Å²) in [6.45, 7) is 5.11. The second-order valence-corrected chi connectivity index (χ2v) is 6.26. The van der Waals surface area contributed by atoms with Crippen LogP contribution < -0.4 is 19.5 Å². The van der Waals surface area contributed by atoms with Crippen molar-refractivity contribution in [1.82, 2.24) is 5.32 Å². The van der Waals surface area contributed by atoms with Crippen molar-refractivity contribution in [2.75, 3.05) is 27.9 Å². The van der Waals surface area contributed by atoms with Gasteiger partial charge in [-0.3, -0.25) is 0 Å². The van der Waals surface area contributed by atoms with E-state index < -0.39 is 17.7 Å². The summed E-state index contributed by atoms with van der Waals surface area (Å²) < 4.78 is 21.1. The van der Waals surface area contributed by atoms with Crippen molar-refractivity contribution in [2.24, 2.45) is 0 Å². The number of nitrogens with one attached hydrogen (secondary N) is 1. The summed E-state index contributed by atoms with van der Waals surface area (Å²) >= 11 is 0. The highest BCUT2D eigenvalue weighted by atomic mass is 16.6. The van der Waals surface area contributed by atoms with E-state index in [2.05, 4.69) is 5.32 Å². The van der Waals surface area contributed by atoms with Crippen LogP contribution in [0.2, 0.25) is 0 Å². The first-order valence-corrected chi connectivity index (χ1v) is 7.63. The van der Waals surface area contributed by atoms with Gasteiger partial charge in [-0.05, 0) is 44.9 Å². The Morgan fingerprint density at radius 1 is 1.12 bits per heavy atom. The summed E-state index contributed by atoms with van der Waals surface area (Å²) in [6, 6.07) is 3.06. The van der Waals surface area contributed by atoms with E-state index in [4.69, 9.17) is 18.9 Å². The van der Waals surface area contributed by atoms with Gasteiger partial charge in [0.15, 0.2) is 11.5 Å². The molecule has 0 unspecified atom stereocenters. The molecule has 0 bridgehead atoms. The van der Waals surface area contributed by atoms with E-state index in [-0.39, 0.29) is 6.61 Å². The predicted molar refractivity (Wildman–Crippen MR) is 90.0 cm³/mol. The zero-order valence-electron chi connectivity index (χ0n) is 15.1. The largest absolute Gasteiger partial charge is 0.493 e. The maximum absolute atomic E-state index is 11.9. The maximum Gasteiger partial charge on any atom is 0.407 e. The molecule has 0 aromatic heterocycles. The lowest BCUT2D eigenvalue weighted by atomic mass is 10.1. The van der Waals surface area contributed by atoms with E-state index in [0.717, 1.165) is 5.56 Å². The van der Waals surface area contributed by atoms with E-state index >= 15 is 0 Å². The second kappa shape index (κ2) is 8.63. The van der Waals surface area contributed by atoms with Crippen molar-refractivity contribution in [1.29, 1.82) is 0 Å². The van der Waals surface area contributed by atoms with Gasteiger partial charge in [0.1, 0.15) is 5.60 Å². The van der Waals surface area contributed by atoms with Gasteiger partial charge in [-0.2, -0.15) is 0 Å². The number of aliphatic hydroxyl groups is 1. The third-order valence-electron chi connectivity index (χ3n) is 3.15. The van der Waals surface area contributed by atoms with E-state index in [1.54, 1.807) is 32.9 Å². The lowest BCUT2D eigenvalue weighted by molar-refractivity contribution is 0.0483. The molecule has 0 aliphatic carbocycles. The third-order valence-corrected chi connectivity index (χ3v) is 3.15. The number of carbonyl (C=O) groups is 1. The van der Waals surface area contributed by atoms with Gasteiger partial charge < -0.3 is 29.4 Å². The van der Waals surface area contributed by atoms with Crippen LogP contribution >= 0.6 is 0 Å². The SMILES string of the molecule is COc1cc(C[C@@H](CO)NC(=O)OC(C)(C)C)cc(OC)c1OC. The summed E-state index contributed by atoms with van der Waals surface area (Å²) in [5, 5.41) is 12.2. The monoisotopic (exact) mass is 341 g/mol. The molecule has 1 aromatic carbocycles. The van der Waals surface area contributed by atoms with Crippen molar-refractivity contribution < 1.29 is 28.8 Å². The van der Waals surface area contributed by atoms with Crippen LogP contribution in [0.4, 0.5) is 4.79 Å². The van der Waals surface area contributed by atoms with Gasteiger partial charge in [0, 0.05) is 0 Å². The van der Waals surface area contributed by atoms with Crippen LogP contribution in [-0.4, -0.2) is 50.8 Å². The van der Waals surface area contributed by atoms with Crippen molar-refractivity contribution in [3.8, 4) is 17.2 Å². The van der Waals surface area contributed by atoms with Gasteiger partial charge >= 0.3 is 6.09 Å². The van der Waals surface area contributed by atoms with E-state index in [1.807, 2.05) is 0 Å². The first kappa shape index (κ1) is 19.9. The fourth-order valence-electron chi connectivity index (χ4n) is 2.17. The highest BCUT2D eigenvalue weighted by Gasteiger charge is 2.21. The number of rotatable bonds is 7. The molecule has 0 spiro atoms. The number of benzene rings is 1. The molecule has 136 valence electrons. The number of carbonyl (C=O) groups excluding carboxylic acids is 1. The molecule has 24 heavy (non-hydrogen) atoms. The molecule has 1 aromatic rings. The molecule has 7 heteroatoms. The van der Waals surface area contributed by atoms with E-state index in [0.29, 0.717) is 23.7 Å². The Morgan fingerprint density at radius 2 is 1.67 bits per heavy atom. The molecule has 0 saturated carbocycles. The highest BCUT2D eigenvalue weighted by Crippen LogP contribution is 2.38. The highest BCUT2D eigenvalue weighted by molar-refractivity contribution is 5.68. The molecular weight excluding hydrogens is 314 g/mol. The van der Waals surface area contributed by atoms with E-state index in [1.165, 1.54) is 21.3 Å². The lowest BCUT2D eigenvalue weighted by Gasteiger charge is -2.23. The molecule has 2 N–H and O–H groups in total. The van der Waals surface area contributed by atoms with Crippen LogP contribution in [0.1, 0.15) is 26.3 Å². The molecule has 0 radical (unpaired) electrons. The zero-order chi connectivity index (χ0) is 18.3. The zero-order valence-corrected chi connectivity index (χ0v) is 15.1. The number of aliphatic hydroxyl groups excluding tert-OH is 1. The summed E-state index contributed by atoms with van der Waals surface area (Å²) in [4.78, 5) is 11.9. The molecule has 0 aliphatic rings. The quantitative estimate of drug-likeness (QED) is 0.790. The molecule has 1 rings (SSSR count). The van der Waals surface area contributed by atoms with Gasteiger partial charge in [0.05, 0.1) is 34.0 Å². The summed E-state index contributed by atoms with van der Waals surface area (Å²) in [5.74, 6) is 1.52. The Morgan fingerprint density at radius 3 is 2.04 bits per heavy atom. The van der Waals surface area contributed by atoms with Gasteiger partial charge in [-0.15, -0.1) is 0 Å². The van der Waals surface area contributed by atoms with Crippen LogP contribution in [-0.2, 0) is 11.2 Å². The number of alkyl carbamates (subject to hydrolysis) is 1. The Bertz CT molecular complexity index is 527. The number of hydrogen-bond donors (Lipinski definition) is 2. The summed E-state index contributed by atoms with van der Waals surface area (Å²) in [7, 11) is 4.59. The second-order valence-electron chi connectivity index (χ2n) is 6.26. The van der Waals surface area contributed by atoms with Crippen LogP contribution in [0.15, 0.2) is 12.1 Å². The van der Waals surface area contributed by atoms with Gasteiger partial charge in [0.2, 0.25) is 5.75 Å². The van der Waals surface area contributed by atoms with Crippen LogP contribution in [0.25, 0.3) is 0 Å². The topological polar surface area (TPSA) is 86.3 Å². The Kier molecular flexibility index (Phi) is 7.16. The maximum atomic E-state index is 11.9. The van der Waals surface area contributed by atoms with Gasteiger partial charge in [0.25, 0.3) is 0 Å². The smallest absolute Gasteiger partial charge is 0.407 e. The van der Waals surface area contributed by atoms with Crippen LogP contribution in [0.5, 0.6) is 17.2 Å². The van der Waals surface area contributed by atoms with Crippen molar-refractivity contribution in [2.45, 2.75) is 38.8 Å². The van der Waals surface area contributed by atoms with Crippen molar-refractivity contribution in [3.05, 3.63) is 17.7 Å². The number of methoxy groups -OCH3 is 3. The van der Waals surface area contributed by atoms with Crippen LogP contribution in [0.3, 0.4) is 0 Å². The summed E-state index contributed by atoms with van der Waals surface area (Å²) in [6.07, 6.45) is -0.194. The van der Waals surface area contributed by atoms with Gasteiger partial charge in [-0.1, -0.05) is 0 Å². The fraction of sp³-hybridized carbons (Fsp3) is 0.588. The molecule has 0 saturated heterocycles. The standard InChI is InChI=1S/C17H27NO6/c1-17(2,3)24-16(20)18-12(10-19)7-11-8-13(21-4)15(23-6)14(9-11)22-5/h8-9,12,19H,7,10H2,1-6H3,(H,18,20)/t12-/m0/s1. The average Bonchev–Trinajstić information content (AvgIpc) is 2.51. The molecule has 0 aliphatic heterocycles. The minimum Gasteiger partial charge on any atom is -0.493 e. The normalized spacial score (nSPS) is 12.3. The number of ether oxygens (including phenoxy) is 4. The Balaban J connectivity index is 2.91. The predicted octanol–water partition coefficient (Wildman–Crippen LogP) is 2.14. The molecule has 0 heterocycles. The first-order chi connectivity index (χ1) is 11.2.